The molecular formula is C29H34ClN3O6S. The third kappa shape index (κ3) is 7.45. The molecule has 0 heterocycles. The average molecular weight is 588 g/mol. The van der Waals surface area contributed by atoms with E-state index in [1.807, 2.05) is 0 Å². The maximum absolute atomic E-state index is 14.0. The van der Waals surface area contributed by atoms with Crippen LogP contribution in [0.1, 0.15) is 25.8 Å². The maximum atomic E-state index is 14.0. The van der Waals surface area contributed by atoms with Gasteiger partial charge in [-0.3, -0.25) is 13.9 Å². The molecule has 0 aromatic heterocycles. The molecule has 9 nitrogen and oxygen atoms in total. The van der Waals surface area contributed by atoms with Crippen LogP contribution in [0.5, 0.6) is 11.5 Å². The van der Waals surface area contributed by atoms with Gasteiger partial charge in [-0.15, -0.1) is 0 Å². The number of ether oxygens (including phenoxy) is 2. The van der Waals surface area contributed by atoms with E-state index in [4.69, 9.17) is 21.1 Å². The summed E-state index contributed by atoms with van der Waals surface area (Å²) in [6.07, 6.45) is 0.329. The number of amides is 2. The number of anilines is 1. The molecule has 40 heavy (non-hydrogen) atoms. The summed E-state index contributed by atoms with van der Waals surface area (Å²) in [5.74, 6) is 0.267. The van der Waals surface area contributed by atoms with E-state index in [2.05, 4.69) is 5.32 Å². The fraction of sp³-hybridized carbons (Fsp3) is 0.310. The van der Waals surface area contributed by atoms with E-state index in [1.165, 1.54) is 42.3 Å². The van der Waals surface area contributed by atoms with Crippen molar-refractivity contribution in [1.82, 2.24) is 10.2 Å². The van der Waals surface area contributed by atoms with Crippen LogP contribution in [-0.2, 0) is 26.2 Å². The summed E-state index contributed by atoms with van der Waals surface area (Å²) in [5, 5.41) is 3.09. The van der Waals surface area contributed by atoms with Crippen LogP contribution in [0.4, 0.5) is 5.69 Å². The topological polar surface area (TPSA) is 105 Å². The monoisotopic (exact) mass is 587 g/mol. The fourth-order valence-corrected chi connectivity index (χ4v) is 5.76. The summed E-state index contributed by atoms with van der Waals surface area (Å²) in [7, 11) is -1.18. The van der Waals surface area contributed by atoms with E-state index in [0.29, 0.717) is 29.5 Å². The highest BCUT2D eigenvalue weighted by Crippen LogP contribution is 2.28. The zero-order valence-corrected chi connectivity index (χ0v) is 24.5. The molecule has 3 rings (SSSR count). The van der Waals surface area contributed by atoms with Crippen molar-refractivity contribution in [2.75, 3.05) is 31.6 Å². The van der Waals surface area contributed by atoms with Gasteiger partial charge >= 0.3 is 0 Å². The summed E-state index contributed by atoms with van der Waals surface area (Å²) in [6.45, 7) is 3.52. The molecule has 2 amide bonds. The van der Waals surface area contributed by atoms with Gasteiger partial charge in [0.25, 0.3) is 10.0 Å². The minimum atomic E-state index is -4.21. The molecule has 1 N–H and O–H groups in total. The van der Waals surface area contributed by atoms with Gasteiger partial charge < -0.3 is 19.7 Å². The van der Waals surface area contributed by atoms with Gasteiger partial charge in [0.1, 0.15) is 24.1 Å². The number of nitrogens with zero attached hydrogens (tertiary/aromatic N) is 2. The van der Waals surface area contributed by atoms with Crippen molar-refractivity contribution in [2.24, 2.45) is 0 Å². The van der Waals surface area contributed by atoms with Crippen molar-refractivity contribution in [3.63, 3.8) is 0 Å². The minimum Gasteiger partial charge on any atom is -0.497 e. The summed E-state index contributed by atoms with van der Waals surface area (Å²) in [6, 6.07) is 18.4. The standard InChI is InChI=1S/C29H34ClN3O6S/c1-5-27(29(35)31-6-2)32(19-21-10-12-24(38-3)13-11-21)28(34)20-33(23-9-7-8-22(30)18-23)40(36,37)26-16-14-25(39-4)15-17-26/h7-18,27H,5-6,19-20H2,1-4H3,(H,31,35)/t27-/m1/s1. The Kier molecular flexibility index (Phi) is 10.8. The number of methoxy groups -OCH3 is 2. The van der Waals surface area contributed by atoms with Crippen molar-refractivity contribution in [2.45, 2.75) is 37.8 Å². The fourth-order valence-electron chi connectivity index (χ4n) is 4.17. The highest BCUT2D eigenvalue weighted by molar-refractivity contribution is 7.92. The van der Waals surface area contributed by atoms with Gasteiger partial charge in [0.2, 0.25) is 11.8 Å². The van der Waals surface area contributed by atoms with E-state index >= 15 is 0 Å². The molecule has 0 saturated heterocycles. The lowest BCUT2D eigenvalue weighted by Gasteiger charge is -2.33. The van der Waals surface area contributed by atoms with Crippen LogP contribution in [0.3, 0.4) is 0 Å². The van der Waals surface area contributed by atoms with Gasteiger partial charge in [-0.05, 0) is 73.5 Å². The van der Waals surface area contributed by atoms with Crippen LogP contribution in [-0.4, -0.2) is 58.5 Å². The summed E-state index contributed by atoms with van der Waals surface area (Å²) >= 11 is 6.21. The second kappa shape index (κ2) is 14.0. The van der Waals surface area contributed by atoms with Crippen molar-refractivity contribution in [3.8, 4) is 11.5 Å². The first-order chi connectivity index (χ1) is 19.1. The highest BCUT2D eigenvalue weighted by Gasteiger charge is 2.33. The first-order valence-corrected chi connectivity index (χ1v) is 14.6. The van der Waals surface area contributed by atoms with Crippen molar-refractivity contribution >= 4 is 39.1 Å². The summed E-state index contributed by atoms with van der Waals surface area (Å²) in [5.41, 5.74) is 0.969. The Morgan fingerprint density at radius 2 is 1.52 bits per heavy atom. The van der Waals surface area contributed by atoms with Crippen LogP contribution in [0.15, 0.2) is 77.7 Å². The number of carbonyl (C=O) groups is 2. The quantitative estimate of drug-likeness (QED) is 0.316. The molecule has 0 fully saturated rings. The molecular weight excluding hydrogens is 554 g/mol. The lowest BCUT2D eigenvalue weighted by Crippen LogP contribution is -2.52. The van der Waals surface area contributed by atoms with Crippen LogP contribution < -0.4 is 19.1 Å². The van der Waals surface area contributed by atoms with Crippen LogP contribution in [0, 0.1) is 0 Å². The largest absolute Gasteiger partial charge is 0.497 e. The first-order valence-electron chi connectivity index (χ1n) is 12.8. The summed E-state index contributed by atoms with van der Waals surface area (Å²) in [4.78, 5) is 28.4. The molecule has 1 atom stereocenters. The predicted molar refractivity (Wildman–Crippen MR) is 155 cm³/mol. The molecule has 3 aromatic rings. The number of likely N-dealkylation sites (N-methyl/N-ethyl adjacent to an activating group) is 1. The maximum Gasteiger partial charge on any atom is 0.264 e. The van der Waals surface area contributed by atoms with E-state index in [9.17, 15) is 18.0 Å². The first kappa shape index (κ1) is 30.8. The van der Waals surface area contributed by atoms with Gasteiger partial charge in [-0.25, -0.2) is 8.42 Å². The number of carbonyl (C=O) groups excluding carboxylic acids is 2. The second-order valence-electron chi connectivity index (χ2n) is 8.86. The molecule has 0 spiro atoms. The van der Waals surface area contributed by atoms with Crippen LogP contribution >= 0.6 is 11.6 Å². The highest BCUT2D eigenvalue weighted by atomic mass is 35.5. The van der Waals surface area contributed by atoms with Gasteiger partial charge in [0.15, 0.2) is 0 Å². The number of halogens is 1. The van der Waals surface area contributed by atoms with E-state index < -0.39 is 28.5 Å². The van der Waals surface area contributed by atoms with E-state index in [-0.39, 0.29) is 23.0 Å². The molecule has 0 saturated carbocycles. The third-order valence-electron chi connectivity index (χ3n) is 6.27. The Morgan fingerprint density at radius 3 is 2.05 bits per heavy atom. The van der Waals surface area contributed by atoms with Crippen molar-refractivity contribution in [1.29, 1.82) is 0 Å². The van der Waals surface area contributed by atoms with Gasteiger partial charge in [-0.2, -0.15) is 0 Å². The Balaban J connectivity index is 2.05. The average Bonchev–Trinajstić information content (AvgIpc) is 2.96. The normalized spacial score (nSPS) is 11.8. The molecule has 0 unspecified atom stereocenters. The second-order valence-corrected chi connectivity index (χ2v) is 11.2. The Hall–Kier alpha value is -3.76. The number of sulfonamides is 1. The number of hydrogen-bond acceptors (Lipinski definition) is 6. The molecule has 11 heteroatoms. The summed E-state index contributed by atoms with van der Waals surface area (Å²) < 4.78 is 39.2. The molecule has 0 aliphatic carbocycles. The Bertz CT molecular complexity index is 1400. The third-order valence-corrected chi connectivity index (χ3v) is 8.29. The molecule has 3 aromatic carbocycles. The zero-order valence-electron chi connectivity index (χ0n) is 23.0. The Morgan fingerprint density at radius 1 is 0.925 bits per heavy atom. The SMILES string of the molecule is CCNC(=O)[C@@H](CC)N(Cc1ccc(OC)cc1)C(=O)CN(c1cccc(Cl)c1)S(=O)(=O)c1ccc(OC)cc1. The van der Waals surface area contributed by atoms with E-state index in [1.54, 1.807) is 63.4 Å². The molecule has 0 aliphatic heterocycles. The molecule has 214 valence electrons. The van der Waals surface area contributed by atoms with Crippen molar-refractivity contribution < 1.29 is 27.5 Å². The number of rotatable bonds is 13. The zero-order chi connectivity index (χ0) is 29.3. The minimum absolute atomic E-state index is 0.0291. The van der Waals surface area contributed by atoms with Crippen LogP contribution in [0.25, 0.3) is 0 Å². The number of nitrogens with one attached hydrogen (secondary N) is 1. The molecule has 0 aliphatic rings. The van der Waals surface area contributed by atoms with Gasteiger partial charge in [-0.1, -0.05) is 36.7 Å². The lowest BCUT2D eigenvalue weighted by atomic mass is 10.1. The smallest absolute Gasteiger partial charge is 0.264 e. The van der Waals surface area contributed by atoms with E-state index in [0.717, 1.165) is 9.87 Å². The van der Waals surface area contributed by atoms with Gasteiger partial charge in [0, 0.05) is 18.1 Å². The Labute approximate surface area is 240 Å². The number of hydrogen-bond donors (Lipinski definition) is 1. The van der Waals surface area contributed by atoms with Crippen LogP contribution in [0.2, 0.25) is 5.02 Å². The van der Waals surface area contributed by atoms with Gasteiger partial charge in [0.05, 0.1) is 24.8 Å². The lowest BCUT2D eigenvalue weighted by molar-refractivity contribution is -0.140. The predicted octanol–water partition coefficient (Wildman–Crippen LogP) is 4.50. The van der Waals surface area contributed by atoms with Crippen molar-refractivity contribution in [3.05, 3.63) is 83.4 Å². The molecule has 0 bridgehead atoms. The number of benzene rings is 3. The molecule has 0 radical (unpaired) electrons.